The van der Waals surface area contributed by atoms with Crippen molar-refractivity contribution in [3.05, 3.63) is 29.8 Å². The summed E-state index contributed by atoms with van der Waals surface area (Å²) in [7, 11) is 0. The van der Waals surface area contributed by atoms with Gasteiger partial charge < -0.3 is 26.5 Å². The molecule has 1 aromatic carbocycles. The van der Waals surface area contributed by atoms with Crippen molar-refractivity contribution >= 4 is 11.5 Å². The van der Waals surface area contributed by atoms with Crippen LogP contribution in [0.1, 0.15) is 5.56 Å². The van der Waals surface area contributed by atoms with Crippen LogP contribution in [0.5, 0.6) is 0 Å². The number of nitrogens with one attached hydrogen (secondary N) is 1. The van der Waals surface area contributed by atoms with E-state index in [1.54, 1.807) is 24.3 Å². The summed E-state index contributed by atoms with van der Waals surface area (Å²) in [6.07, 6.45) is -0.812. The number of benzene rings is 1. The molecule has 16 heavy (non-hydrogen) atoms. The van der Waals surface area contributed by atoms with E-state index < -0.39 is 6.10 Å². The van der Waals surface area contributed by atoms with Gasteiger partial charge in [-0.1, -0.05) is 17.3 Å². The van der Waals surface area contributed by atoms with Gasteiger partial charge in [0.1, 0.15) is 0 Å². The second-order valence-corrected chi connectivity index (χ2v) is 3.28. The average Bonchev–Trinajstić information content (AvgIpc) is 2.35. The highest BCUT2D eigenvalue weighted by molar-refractivity contribution is 5.97. The Labute approximate surface area is 93.0 Å². The van der Waals surface area contributed by atoms with E-state index in [-0.39, 0.29) is 19.0 Å². The van der Waals surface area contributed by atoms with E-state index in [0.29, 0.717) is 5.56 Å². The van der Waals surface area contributed by atoms with E-state index in [1.165, 1.54) is 0 Å². The van der Waals surface area contributed by atoms with Crippen molar-refractivity contribution in [3.63, 3.8) is 0 Å². The fourth-order valence-electron chi connectivity index (χ4n) is 1.15. The van der Waals surface area contributed by atoms with Crippen LogP contribution in [0.15, 0.2) is 29.4 Å². The summed E-state index contributed by atoms with van der Waals surface area (Å²) < 4.78 is 0. The van der Waals surface area contributed by atoms with Gasteiger partial charge >= 0.3 is 0 Å². The maximum atomic E-state index is 9.14. The molecule has 0 spiro atoms. The maximum absolute atomic E-state index is 9.14. The number of rotatable bonds is 5. The standard InChI is InChI=1S/C10H15N3O3/c11-10(13-16)7-2-1-3-8(4-7)12-5-9(15)6-14/h1-4,9,12,14-16H,5-6H2,(H2,11,13). The lowest BCUT2D eigenvalue weighted by Gasteiger charge is -2.10. The van der Waals surface area contributed by atoms with Crippen LogP contribution in [0, 0.1) is 0 Å². The van der Waals surface area contributed by atoms with Crippen LogP contribution >= 0.6 is 0 Å². The largest absolute Gasteiger partial charge is 0.409 e. The van der Waals surface area contributed by atoms with E-state index in [9.17, 15) is 0 Å². The van der Waals surface area contributed by atoms with Crippen molar-refractivity contribution in [1.29, 1.82) is 0 Å². The molecule has 0 heterocycles. The second-order valence-electron chi connectivity index (χ2n) is 3.28. The minimum atomic E-state index is -0.812. The van der Waals surface area contributed by atoms with Gasteiger partial charge in [0.05, 0.1) is 12.7 Å². The summed E-state index contributed by atoms with van der Waals surface area (Å²) >= 11 is 0. The number of oxime groups is 1. The number of anilines is 1. The zero-order valence-electron chi connectivity index (χ0n) is 8.67. The molecule has 1 aromatic rings. The highest BCUT2D eigenvalue weighted by Crippen LogP contribution is 2.10. The first-order chi connectivity index (χ1) is 7.67. The van der Waals surface area contributed by atoms with Crippen molar-refractivity contribution in [1.82, 2.24) is 0 Å². The van der Waals surface area contributed by atoms with E-state index >= 15 is 0 Å². The molecule has 1 atom stereocenters. The van der Waals surface area contributed by atoms with Crippen molar-refractivity contribution < 1.29 is 15.4 Å². The van der Waals surface area contributed by atoms with Gasteiger partial charge in [0, 0.05) is 17.8 Å². The maximum Gasteiger partial charge on any atom is 0.170 e. The normalized spacial score (nSPS) is 13.5. The summed E-state index contributed by atoms with van der Waals surface area (Å²) in [6, 6.07) is 6.89. The molecular weight excluding hydrogens is 210 g/mol. The van der Waals surface area contributed by atoms with Crippen molar-refractivity contribution in [2.45, 2.75) is 6.10 Å². The summed E-state index contributed by atoms with van der Waals surface area (Å²) in [6.45, 7) is -0.0664. The molecule has 0 aliphatic rings. The molecule has 6 nitrogen and oxygen atoms in total. The highest BCUT2D eigenvalue weighted by atomic mass is 16.4. The monoisotopic (exact) mass is 225 g/mol. The molecule has 0 radical (unpaired) electrons. The average molecular weight is 225 g/mol. The van der Waals surface area contributed by atoms with Gasteiger partial charge in [-0.3, -0.25) is 0 Å². The lowest BCUT2D eigenvalue weighted by atomic mass is 10.2. The van der Waals surface area contributed by atoms with Crippen molar-refractivity contribution in [2.75, 3.05) is 18.5 Å². The number of amidine groups is 1. The van der Waals surface area contributed by atoms with E-state index in [2.05, 4.69) is 10.5 Å². The lowest BCUT2D eigenvalue weighted by Crippen LogP contribution is -2.23. The number of hydrogen-bond acceptors (Lipinski definition) is 5. The van der Waals surface area contributed by atoms with Gasteiger partial charge in [-0.2, -0.15) is 0 Å². The number of hydrogen-bond donors (Lipinski definition) is 5. The lowest BCUT2D eigenvalue weighted by molar-refractivity contribution is 0.105. The van der Waals surface area contributed by atoms with Gasteiger partial charge in [-0.05, 0) is 12.1 Å². The Morgan fingerprint density at radius 3 is 2.88 bits per heavy atom. The van der Waals surface area contributed by atoms with Crippen molar-refractivity contribution in [3.8, 4) is 0 Å². The molecule has 6 N–H and O–H groups in total. The predicted molar refractivity (Wildman–Crippen MR) is 60.5 cm³/mol. The molecule has 0 aromatic heterocycles. The van der Waals surface area contributed by atoms with Crippen molar-refractivity contribution in [2.24, 2.45) is 10.9 Å². The minimum absolute atomic E-state index is 0.0198. The summed E-state index contributed by atoms with van der Waals surface area (Å²) in [5, 5.41) is 32.1. The Morgan fingerprint density at radius 2 is 2.25 bits per heavy atom. The summed E-state index contributed by atoms with van der Waals surface area (Å²) in [4.78, 5) is 0. The van der Waals surface area contributed by atoms with Gasteiger partial charge in [-0.25, -0.2) is 0 Å². The molecule has 0 bridgehead atoms. The molecule has 0 amide bonds. The van der Waals surface area contributed by atoms with Crippen LogP contribution in [0.3, 0.4) is 0 Å². The fourth-order valence-corrected chi connectivity index (χ4v) is 1.15. The van der Waals surface area contributed by atoms with Crippen LogP contribution in [0.2, 0.25) is 0 Å². The number of nitrogens with zero attached hydrogens (tertiary/aromatic N) is 1. The number of nitrogens with two attached hydrogens (primary N) is 1. The zero-order valence-corrected chi connectivity index (χ0v) is 8.67. The molecule has 0 saturated heterocycles. The molecule has 1 rings (SSSR count). The third kappa shape index (κ3) is 3.41. The first-order valence-corrected chi connectivity index (χ1v) is 4.78. The first kappa shape index (κ1) is 12.3. The van der Waals surface area contributed by atoms with Gasteiger partial charge in [0.2, 0.25) is 0 Å². The summed E-state index contributed by atoms with van der Waals surface area (Å²) in [5.74, 6) is 0.0198. The minimum Gasteiger partial charge on any atom is -0.409 e. The van der Waals surface area contributed by atoms with Gasteiger partial charge in [-0.15, -0.1) is 0 Å². The summed E-state index contributed by atoms with van der Waals surface area (Å²) in [5.41, 5.74) is 6.72. The fraction of sp³-hybridized carbons (Fsp3) is 0.300. The van der Waals surface area contributed by atoms with Crippen LogP contribution in [0.4, 0.5) is 5.69 Å². The number of aliphatic hydroxyl groups excluding tert-OH is 2. The Balaban J connectivity index is 2.68. The van der Waals surface area contributed by atoms with Crippen LogP contribution in [-0.2, 0) is 0 Å². The SMILES string of the molecule is N/C(=N\O)c1cccc(NCC(O)CO)c1. The Hall–Kier alpha value is -1.79. The van der Waals surface area contributed by atoms with E-state index in [4.69, 9.17) is 21.2 Å². The van der Waals surface area contributed by atoms with Gasteiger partial charge in [0.15, 0.2) is 5.84 Å². The molecule has 88 valence electrons. The molecule has 0 aliphatic carbocycles. The first-order valence-electron chi connectivity index (χ1n) is 4.78. The molecular formula is C10H15N3O3. The highest BCUT2D eigenvalue weighted by Gasteiger charge is 2.03. The van der Waals surface area contributed by atoms with Crippen LogP contribution in [0.25, 0.3) is 0 Å². The smallest absolute Gasteiger partial charge is 0.170 e. The van der Waals surface area contributed by atoms with Crippen LogP contribution in [-0.4, -0.2) is 40.5 Å². The molecule has 1 unspecified atom stereocenters. The molecule has 0 saturated carbocycles. The predicted octanol–water partition coefficient (Wildman–Crippen LogP) is -0.454. The molecule has 0 fully saturated rings. The number of aliphatic hydroxyl groups is 2. The van der Waals surface area contributed by atoms with E-state index in [0.717, 1.165) is 5.69 Å². The van der Waals surface area contributed by atoms with Gasteiger partial charge in [0.25, 0.3) is 0 Å². The third-order valence-corrected chi connectivity index (χ3v) is 2.02. The Morgan fingerprint density at radius 1 is 1.50 bits per heavy atom. The third-order valence-electron chi connectivity index (χ3n) is 2.02. The second kappa shape index (κ2) is 5.94. The molecule has 6 heteroatoms. The Kier molecular flexibility index (Phi) is 4.56. The van der Waals surface area contributed by atoms with Crippen LogP contribution < -0.4 is 11.1 Å². The zero-order chi connectivity index (χ0) is 12.0. The quantitative estimate of drug-likeness (QED) is 0.202. The topological polar surface area (TPSA) is 111 Å². The Bertz CT molecular complexity index is 368. The molecule has 0 aliphatic heterocycles. The van der Waals surface area contributed by atoms with E-state index in [1.807, 2.05) is 0 Å².